The van der Waals surface area contributed by atoms with Crippen molar-refractivity contribution in [3.63, 3.8) is 0 Å². The van der Waals surface area contributed by atoms with E-state index in [9.17, 15) is 18.3 Å². The van der Waals surface area contributed by atoms with E-state index < -0.39 is 33.9 Å². The van der Waals surface area contributed by atoms with Crippen molar-refractivity contribution in [1.29, 1.82) is 5.26 Å². The molecule has 0 fully saturated rings. The topological polar surface area (TPSA) is 127 Å². The molecule has 0 saturated carbocycles. The molecule has 1 rings (SSSR count). The van der Waals surface area contributed by atoms with Crippen LogP contribution in [-0.4, -0.2) is 36.7 Å². The second-order valence-electron chi connectivity index (χ2n) is 4.47. The van der Waals surface area contributed by atoms with Gasteiger partial charge < -0.3 is 10.2 Å². The molecule has 108 valence electrons. The first-order valence-electron chi connectivity index (χ1n) is 5.58. The molecule has 1 unspecified atom stereocenters. The van der Waals surface area contributed by atoms with Crippen LogP contribution in [0.1, 0.15) is 18.1 Å². The van der Waals surface area contributed by atoms with Crippen LogP contribution in [0.4, 0.5) is 0 Å². The van der Waals surface area contributed by atoms with Crippen LogP contribution in [0.2, 0.25) is 0 Å². The van der Waals surface area contributed by atoms with Gasteiger partial charge in [0.2, 0.25) is 10.0 Å². The minimum absolute atomic E-state index is 0.329. The molecule has 0 heterocycles. The Morgan fingerprint density at radius 2 is 2.15 bits per heavy atom. The lowest BCUT2D eigenvalue weighted by Crippen LogP contribution is -2.46. The highest BCUT2D eigenvalue weighted by molar-refractivity contribution is 7.88. The number of nitriles is 1. The van der Waals surface area contributed by atoms with Crippen LogP contribution in [0.3, 0.4) is 0 Å². The molecule has 0 amide bonds. The fourth-order valence-corrected chi connectivity index (χ4v) is 2.55. The number of carboxylic acids is 1. The minimum Gasteiger partial charge on any atom is -0.479 e. The van der Waals surface area contributed by atoms with Crippen LogP contribution < -0.4 is 4.72 Å². The van der Waals surface area contributed by atoms with Gasteiger partial charge in [-0.25, -0.2) is 17.9 Å². The Bertz CT molecular complexity index is 646. The van der Waals surface area contributed by atoms with Crippen molar-refractivity contribution in [2.75, 3.05) is 6.54 Å². The van der Waals surface area contributed by atoms with Crippen molar-refractivity contribution >= 4 is 16.0 Å². The zero-order chi connectivity index (χ0) is 15.4. The van der Waals surface area contributed by atoms with E-state index in [0.717, 1.165) is 6.92 Å². The Balaban J connectivity index is 2.76. The smallest absolute Gasteiger partial charge is 0.336 e. The predicted octanol–water partition coefficient (Wildman–Crippen LogP) is -0.187. The summed E-state index contributed by atoms with van der Waals surface area (Å²) in [6.07, 6.45) is 0. The standard InChI is InChI=1S/C12H14N2O5S/c1-12(17,11(15)16)8-14-20(18,19)7-10-4-2-3-9(5-10)6-13/h2-5,14,17H,7-8H2,1H3,(H,15,16). The molecule has 1 atom stereocenters. The Hall–Kier alpha value is -1.95. The molecule has 0 saturated heterocycles. The van der Waals surface area contributed by atoms with Crippen LogP contribution >= 0.6 is 0 Å². The molecule has 0 aliphatic carbocycles. The van der Waals surface area contributed by atoms with Crippen molar-refractivity contribution in [2.45, 2.75) is 18.3 Å². The third kappa shape index (κ3) is 4.62. The van der Waals surface area contributed by atoms with Crippen LogP contribution in [0.25, 0.3) is 0 Å². The Kier molecular flexibility index (Phi) is 4.83. The van der Waals surface area contributed by atoms with Crippen molar-refractivity contribution in [1.82, 2.24) is 4.72 Å². The lowest BCUT2D eigenvalue weighted by atomic mass is 10.1. The number of sulfonamides is 1. The van der Waals surface area contributed by atoms with Crippen LogP contribution in [-0.2, 0) is 20.6 Å². The highest BCUT2D eigenvalue weighted by atomic mass is 32.2. The second-order valence-corrected chi connectivity index (χ2v) is 6.28. The van der Waals surface area contributed by atoms with Gasteiger partial charge in [0, 0.05) is 6.54 Å². The highest BCUT2D eigenvalue weighted by Crippen LogP contribution is 2.09. The molecule has 8 heteroatoms. The van der Waals surface area contributed by atoms with E-state index in [-0.39, 0.29) is 0 Å². The number of carbonyl (C=O) groups is 1. The lowest BCUT2D eigenvalue weighted by molar-refractivity contribution is -0.155. The van der Waals surface area contributed by atoms with Gasteiger partial charge >= 0.3 is 5.97 Å². The molecule has 20 heavy (non-hydrogen) atoms. The van der Waals surface area contributed by atoms with E-state index in [1.165, 1.54) is 12.1 Å². The maximum Gasteiger partial charge on any atom is 0.336 e. The maximum absolute atomic E-state index is 11.8. The predicted molar refractivity (Wildman–Crippen MR) is 70.0 cm³/mol. The van der Waals surface area contributed by atoms with Gasteiger partial charge in [-0.2, -0.15) is 5.26 Å². The summed E-state index contributed by atoms with van der Waals surface area (Å²) in [5, 5.41) is 26.8. The Morgan fingerprint density at radius 3 is 2.70 bits per heavy atom. The summed E-state index contributed by atoms with van der Waals surface area (Å²) in [7, 11) is -3.81. The Labute approximate surface area is 116 Å². The fourth-order valence-electron chi connectivity index (χ4n) is 1.33. The number of hydrogen-bond acceptors (Lipinski definition) is 5. The molecule has 7 nitrogen and oxygen atoms in total. The van der Waals surface area contributed by atoms with Crippen molar-refractivity contribution in [3.8, 4) is 6.07 Å². The third-order valence-electron chi connectivity index (χ3n) is 2.51. The molecule has 0 spiro atoms. The van der Waals surface area contributed by atoms with Gasteiger partial charge in [-0.3, -0.25) is 0 Å². The highest BCUT2D eigenvalue weighted by Gasteiger charge is 2.31. The number of rotatable bonds is 6. The van der Waals surface area contributed by atoms with E-state index in [1.807, 2.05) is 10.8 Å². The third-order valence-corrected chi connectivity index (χ3v) is 3.81. The van der Waals surface area contributed by atoms with Gasteiger partial charge in [0.05, 0.1) is 17.4 Å². The number of nitrogens with zero attached hydrogens (tertiary/aromatic N) is 1. The molecule has 1 aromatic carbocycles. The zero-order valence-corrected chi connectivity index (χ0v) is 11.5. The van der Waals surface area contributed by atoms with E-state index >= 15 is 0 Å². The number of aliphatic carboxylic acids is 1. The largest absolute Gasteiger partial charge is 0.479 e. The van der Waals surface area contributed by atoms with Gasteiger partial charge in [-0.1, -0.05) is 12.1 Å². The maximum atomic E-state index is 11.8. The summed E-state index contributed by atoms with van der Waals surface area (Å²) < 4.78 is 25.6. The zero-order valence-electron chi connectivity index (χ0n) is 10.7. The Morgan fingerprint density at radius 1 is 1.50 bits per heavy atom. The summed E-state index contributed by atoms with van der Waals surface area (Å²) in [6.45, 7) is 0.358. The SMILES string of the molecule is CC(O)(CNS(=O)(=O)Cc1cccc(C#N)c1)C(=O)O. The summed E-state index contributed by atoms with van der Waals surface area (Å²) in [5.74, 6) is -1.93. The summed E-state index contributed by atoms with van der Waals surface area (Å²) in [6, 6.07) is 7.95. The fraction of sp³-hybridized carbons (Fsp3) is 0.333. The second kappa shape index (κ2) is 6.00. The molecule has 0 aliphatic rings. The molecular weight excluding hydrogens is 284 g/mol. The molecule has 3 N–H and O–H groups in total. The normalized spacial score (nSPS) is 14.2. The molecule has 0 aliphatic heterocycles. The first-order valence-corrected chi connectivity index (χ1v) is 7.24. The average molecular weight is 298 g/mol. The summed E-state index contributed by atoms with van der Waals surface area (Å²) in [5.41, 5.74) is -1.46. The van der Waals surface area contributed by atoms with Gasteiger partial charge in [0.25, 0.3) is 0 Å². The van der Waals surface area contributed by atoms with Crippen LogP contribution in [0.15, 0.2) is 24.3 Å². The van der Waals surface area contributed by atoms with Crippen molar-refractivity contribution < 1.29 is 23.4 Å². The van der Waals surface area contributed by atoms with E-state index in [2.05, 4.69) is 0 Å². The van der Waals surface area contributed by atoms with E-state index in [1.54, 1.807) is 12.1 Å². The lowest BCUT2D eigenvalue weighted by Gasteiger charge is -2.18. The number of aliphatic hydroxyl groups is 1. The van der Waals surface area contributed by atoms with Crippen LogP contribution in [0, 0.1) is 11.3 Å². The molecule has 0 bridgehead atoms. The number of nitrogens with one attached hydrogen (secondary N) is 1. The molecule has 0 aromatic heterocycles. The quantitative estimate of drug-likeness (QED) is 0.668. The van der Waals surface area contributed by atoms with Gasteiger partial charge in [-0.05, 0) is 24.6 Å². The molecule has 1 aromatic rings. The van der Waals surface area contributed by atoms with Gasteiger partial charge in [0.15, 0.2) is 5.60 Å². The monoisotopic (exact) mass is 298 g/mol. The van der Waals surface area contributed by atoms with Crippen LogP contribution in [0.5, 0.6) is 0 Å². The van der Waals surface area contributed by atoms with E-state index in [0.29, 0.717) is 11.1 Å². The molecular formula is C12H14N2O5S. The summed E-state index contributed by atoms with van der Waals surface area (Å²) >= 11 is 0. The van der Waals surface area contributed by atoms with E-state index in [4.69, 9.17) is 10.4 Å². The molecule has 0 radical (unpaired) electrons. The first-order chi connectivity index (χ1) is 9.16. The van der Waals surface area contributed by atoms with Crippen molar-refractivity contribution in [3.05, 3.63) is 35.4 Å². The van der Waals surface area contributed by atoms with Crippen molar-refractivity contribution in [2.24, 2.45) is 0 Å². The summed E-state index contributed by atoms with van der Waals surface area (Å²) in [4.78, 5) is 10.7. The number of carboxylic acid groups (broad SMARTS) is 1. The average Bonchev–Trinajstić information content (AvgIpc) is 2.36. The van der Waals surface area contributed by atoms with Gasteiger partial charge in [-0.15, -0.1) is 0 Å². The minimum atomic E-state index is -3.81. The number of benzene rings is 1. The number of hydrogen-bond donors (Lipinski definition) is 3. The van der Waals surface area contributed by atoms with Gasteiger partial charge in [0.1, 0.15) is 0 Å². The first kappa shape index (κ1) is 16.1.